The predicted molar refractivity (Wildman–Crippen MR) is 78.7 cm³/mol. The molecule has 4 heteroatoms. The van der Waals surface area contributed by atoms with Gasteiger partial charge >= 0.3 is 0 Å². The highest BCUT2D eigenvalue weighted by Gasteiger charge is 2.04. The van der Waals surface area contributed by atoms with Crippen LogP contribution < -0.4 is 5.73 Å². The second-order valence-electron chi connectivity index (χ2n) is 3.43. The van der Waals surface area contributed by atoms with E-state index in [1.54, 1.807) is 0 Å². The largest absolute Gasteiger partial charge is 0.383 e. The van der Waals surface area contributed by atoms with Gasteiger partial charge in [-0.15, -0.1) is 0 Å². The first-order valence-corrected chi connectivity index (χ1v) is 6.60. The smallest absolute Gasteiger partial charge is 0.131 e. The van der Waals surface area contributed by atoms with Crippen LogP contribution in [-0.2, 0) is 0 Å². The molecule has 0 saturated heterocycles. The van der Waals surface area contributed by atoms with E-state index >= 15 is 0 Å². The third-order valence-corrected chi connectivity index (χ3v) is 3.52. The highest BCUT2D eigenvalue weighted by molar-refractivity contribution is 9.11. The summed E-state index contributed by atoms with van der Waals surface area (Å²) in [4.78, 5) is 4.43. The summed E-state index contributed by atoms with van der Waals surface area (Å²) in [5.41, 5.74) is 7.69. The number of rotatable bonds is 2. The summed E-state index contributed by atoms with van der Waals surface area (Å²) in [6.45, 7) is 0. The maximum Gasteiger partial charge on any atom is 0.131 e. The summed E-state index contributed by atoms with van der Waals surface area (Å²) >= 11 is 6.91. The van der Waals surface area contributed by atoms with Gasteiger partial charge in [-0.1, -0.05) is 36.4 Å². The molecule has 0 aliphatic rings. The number of hydrogen-bond donors (Lipinski definition) is 1. The summed E-state index contributed by atoms with van der Waals surface area (Å²) in [5.74, 6) is 0.498. The summed E-state index contributed by atoms with van der Waals surface area (Å²) < 4.78 is 1.82. The molecule has 0 atom stereocenters. The first-order valence-electron chi connectivity index (χ1n) is 5.02. The normalized spacial score (nSPS) is 11.5. The second-order valence-corrected chi connectivity index (χ2v) is 5.14. The highest BCUT2D eigenvalue weighted by atomic mass is 79.9. The number of hydrogen-bond acceptors (Lipinski definition) is 1. The van der Waals surface area contributed by atoms with Gasteiger partial charge < -0.3 is 5.73 Å². The number of halogens is 2. The molecule has 0 aliphatic heterocycles. The molecule has 86 valence electrons. The van der Waals surface area contributed by atoms with Gasteiger partial charge in [-0.25, -0.2) is 4.99 Å². The Hall–Kier alpha value is -1.13. The third-order valence-electron chi connectivity index (χ3n) is 2.24. The van der Waals surface area contributed by atoms with Crippen LogP contribution in [0.5, 0.6) is 0 Å². The molecule has 17 heavy (non-hydrogen) atoms. The fourth-order valence-electron chi connectivity index (χ4n) is 1.39. The van der Waals surface area contributed by atoms with Crippen molar-refractivity contribution in [1.82, 2.24) is 0 Å². The van der Waals surface area contributed by atoms with Crippen molar-refractivity contribution in [2.75, 3.05) is 0 Å². The minimum Gasteiger partial charge on any atom is -0.383 e. The van der Waals surface area contributed by atoms with E-state index in [9.17, 15) is 0 Å². The van der Waals surface area contributed by atoms with Gasteiger partial charge in [-0.05, 0) is 44.0 Å². The summed E-state index contributed by atoms with van der Waals surface area (Å²) in [6.07, 6.45) is 0. The van der Waals surface area contributed by atoms with Crippen molar-refractivity contribution in [2.45, 2.75) is 0 Å². The molecule has 2 rings (SSSR count). The van der Waals surface area contributed by atoms with Crippen molar-refractivity contribution in [3.05, 3.63) is 63.0 Å². The lowest BCUT2D eigenvalue weighted by Gasteiger charge is -2.04. The summed E-state index contributed by atoms with van der Waals surface area (Å²) in [5, 5.41) is 0. The molecule has 2 aromatic carbocycles. The number of aliphatic imine (C=N–C) groups is 1. The molecule has 2 nitrogen and oxygen atoms in total. The number of amidine groups is 1. The molecule has 0 aliphatic carbocycles. The van der Waals surface area contributed by atoms with Crippen molar-refractivity contribution in [3.8, 4) is 0 Å². The molecule has 0 aromatic heterocycles. The topological polar surface area (TPSA) is 38.4 Å². The fourth-order valence-corrected chi connectivity index (χ4v) is 2.57. The monoisotopic (exact) mass is 352 g/mol. The van der Waals surface area contributed by atoms with Gasteiger partial charge in [0.1, 0.15) is 5.84 Å². The lowest BCUT2D eigenvalue weighted by molar-refractivity contribution is 1.41. The first-order chi connectivity index (χ1) is 8.18. The van der Waals surface area contributed by atoms with Crippen LogP contribution in [0.1, 0.15) is 5.56 Å². The van der Waals surface area contributed by atoms with Gasteiger partial charge in [0.2, 0.25) is 0 Å². The van der Waals surface area contributed by atoms with E-state index in [2.05, 4.69) is 36.9 Å². The SMILES string of the molecule is NC(=Nc1c(Br)cccc1Br)c1ccccc1. The van der Waals surface area contributed by atoms with E-state index < -0.39 is 0 Å². The van der Waals surface area contributed by atoms with Gasteiger partial charge in [-0.2, -0.15) is 0 Å². The summed E-state index contributed by atoms with van der Waals surface area (Å²) in [6, 6.07) is 15.5. The van der Waals surface area contributed by atoms with Gasteiger partial charge in [-0.3, -0.25) is 0 Å². The third kappa shape index (κ3) is 2.96. The van der Waals surface area contributed by atoms with Crippen LogP contribution in [0.15, 0.2) is 62.5 Å². The van der Waals surface area contributed by atoms with E-state index in [0.717, 1.165) is 20.2 Å². The van der Waals surface area contributed by atoms with Gasteiger partial charge in [0.05, 0.1) is 5.69 Å². The van der Waals surface area contributed by atoms with Crippen LogP contribution >= 0.6 is 31.9 Å². The number of benzene rings is 2. The Labute approximate surface area is 117 Å². The quantitative estimate of drug-likeness (QED) is 0.636. The lowest BCUT2D eigenvalue weighted by atomic mass is 10.2. The maximum atomic E-state index is 5.97. The predicted octanol–water partition coefficient (Wildman–Crippen LogP) is 4.25. The van der Waals surface area contributed by atoms with Gasteiger partial charge in [0.15, 0.2) is 0 Å². The van der Waals surface area contributed by atoms with Crippen LogP contribution in [0.25, 0.3) is 0 Å². The molecule has 0 radical (unpaired) electrons. The average Bonchev–Trinajstić information content (AvgIpc) is 2.35. The standard InChI is InChI=1S/C13H10Br2N2/c14-10-7-4-8-11(15)12(10)17-13(16)9-5-2-1-3-6-9/h1-8H,(H2,16,17). The number of para-hydroxylation sites is 1. The van der Waals surface area contributed by atoms with Crippen LogP contribution in [-0.4, -0.2) is 5.84 Å². The van der Waals surface area contributed by atoms with Gasteiger partial charge in [0.25, 0.3) is 0 Å². The maximum absolute atomic E-state index is 5.97. The Morgan fingerprint density at radius 2 is 1.47 bits per heavy atom. The molecule has 0 fully saturated rings. The van der Waals surface area contributed by atoms with E-state index in [4.69, 9.17) is 5.73 Å². The lowest BCUT2D eigenvalue weighted by Crippen LogP contribution is -2.12. The molecule has 0 bridgehead atoms. The molecule has 0 heterocycles. The second kappa shape index (κ2) is 5.47. The molecule has 2 aromatic rings. The zero-order chi connectivity index (χ0) is 12.3. The fraction of sp³-hybridized carbons (Fsp3) is 0. The van der Waals surface area contributed by atoms with Crippen LogP contribution in [0, 0.1) is 0 Å². The Morgan fingerprint density at radius 1 is 0.882 bits per heavy atom. The molecular weight excluding hydrogens is 344 g/mol. The minimum absolute atomic E-state index is 0.498. The molecule has 0 spiro atoms. The Morgan fingerprint density at radius 3 is 2.06 bits per heavy atom. The van der Waals surface area contributed by atoms with Crippen LogP contribution in [0.3, 0.4) is 0 Å². The van der Waals surface area contributed by atoms with Crippen LogP contribution in [0.2, 0.25) is 0 Å². The van der Waals surface area contributed by atoms with Gasteiger partial charge in [0, 0.05) is 14.5 Å². The Kier molecular flexibility index (Phi) is 3.97. The highest BCUT2D eigenvalue weighted by Crippen LogP contribution is 2.33. The summed E-state index contributed by atoms with van der Waals surface area (Å²) in [7, 11) is 0. The van der Waals surface area contributed by atoms with Crippen molar-refractivity contribution in [2.24, 2.45) is 10.7 Å². The minimum atomic E-state index is 0.498. The Bertz CT molecular complexity index is 530. The van der Waals surface area contributed by atoms with Crippen molar-refractivity contribution in [1.29, 1.82) is 0 Å². The van der Waals surface area contributed by atoms with Crippen molar-refractivity contribution >= 4 is 43.4 Å². The Balaban J connectivity index is 2.43. The first kappa shape index (κ1) is 12.3. The zero-order valence-corrected chi connectivity index (χ0v) is 12.1. The van der Waals surface area contributed by atoms with Crippen LogP contribution in [0.4, 0.5) is 5.69 Å². The number of nitrogens with zero attached hydrogens (tertiary/aromatic N) is 1. The van der Waals surface area contributed by atoms with Crippen molar-refractivity contribution < 1.29 is 0 Å². The van der Waals surface area contributed by atoms with E-state index in [1.807, 2.05) is 48.5 Å². The zero-order valence-electron chi connectivity index (χ0n) is 8.90. The van der Waals surface area contributed by atoms with Crippen molar-refractivity contribution in [3.63, 3.8) is 0 Å². The molecular formula is C13H10Br2N2. The average molecular weight is 354 g/mol. The van der Waals surface area contributed by atoms with E-state index in [-0.39, 0.29) is 0 Å². The molecule has 0 unspecified atom stereocenters. The number of nitrogens with two attached hydrogens (primary N) is 1. The van der Waals surface area contributed by atoms with E-state index in [0.29, 0.717) is 5.84 Å². The molecule has 0 saturated carbocycles. The van der Waals surface area contributed by atoms with E-state index in [1.165, 1.54) is 0 Å². The molecule has 2 N–H and O–H groups in total. The molecule has 0 amide bonds.